The van der Waals surface area contributed by atoms with Gasteiger partial charge in [0.05, 0.1) is 19.3 Å². The maximum Gasteiger partial charge on any atom is 0.258 e. The number of rotatable bonds is 5. The van der Waals surface area contributed by atoms with Crippen LogP contribution in [0.15, 0.2) is 18.2 Å². The predicted molar refractivity (Wildman–Crippen MR) is 77.8 cm³/mol. The van der Waals surface area contributed by atoms with Crippen LogP contribution in [0, 0.1) is 0 Å². The fourth-order valence-electron chi connectivity index (χ4n) is 2.82. The van der Waals surface area contributed by atoms with Crippen LogP contribution in [0.25, 0.3) is 0 Å². The summed E-state index contributed by atoms with van der Waals surface area (Å²) in [5.41, 5.74) is 6.77. The minimum Gasteiger partial charge on any atom is -0.496 e. The molecule has 1 aromatic rings. The van der Waals surface area contributed by atoms with Crippen molar-refractivity contribution in [2.75, 3.05) is 26.0 Å². The first kappa shape index (κ1) is 14.7. The van der Waals surface area contributed by atoms with Gasteiger partial charge in [0.25, 0.3) is 5.91 Å². The van der Waals surface area contributed by atoms with Gasteiger partial charge in [0.1, 0.15) is 5.75 Å². The number of nitrogens with zero attached hydrogens (tertiary/aromatic N) is 1. The normalized spacial score (nSPS) is 15.3. The van der Waals surface area contributed by atoms with Crippen LogP contribution < -0.4 is 10.5 Å². The molecule has 0 radical (unpaired) electrons. The first-order chi connectivity index (χ1) is 9.67. The van der Waals surface area contributed by atoms with Crippen molar-refractivity contribution in [2.45, 2.75) is 31.7 Å². The SMILES string of the molecule is COc1ccc(N)cc1C(=O)N(CCO)C1CCCC1. The van der Waals surface area contributed by atoms with Gasteiger partial charge in [-0.15, -0.1) is 0 Å². The topological polar surface area (TPSA) is 75.8 Å². The van der Waals surface area contributed by atoms with E-state index < -0.39 is 0 Å². The highest BCUT2D eigenvalue weighted by atomic mass is 16.5. The summed E-state index contributed by atoms with van der Waals surface area (Å²) in [4.78, 5) is 14.5. The van der Waals surface area contributed by atoms with E-state index in [-0.39, 0.29) is 18.6 Å². The monoisotopic (exact) mass is 278 g/mol. The number of hydrogen-bond donors (Lipinski definition) is 2. The van der Waals surface area contributed by atoms with Crippen molar-refractivity contribution in [1.29, 1.82) is 0 Å². The molecule has 1 aromatic carbocycles. The molecule has 0 atom stereocenters. The van der Waals surface area contributed by atoms with Gasteiger partial charge in [-0.3, -0.25) is 4.79 Å². The van der Waals surface area contributed by atoms with Crippen LogP contribution in [0.1, 0.15) is 36.0 Å². The van der Waals surface area contributed by atoms with Crippen LogP contribution in [-0.4, -0.2) is 42.2 Å². The highest BCUT2D eigenvalue weighted by Crippen LogP contribution is 2.28. The zero-order valence-electron chi connectivity index (χ0n) is 11.8. The smallest absolute Gasteiger partial charge is 0.258 e. The highest BCUT2D eigenvalue weighted by molar-refractivity contribution is 5.98. The van der Waals surface area contributed by atoms with Gasteiger partial charge in [0.2, 0.25) is 0 Å². The Balaban J connectivity index is 2.28. The molecule has 110 valence electrons. The quantitative estimate of drug-likeness (QED) is 0.803. The Morgan fingerprint density at radius 3 is 2.75 bits per heavy atom. The van der Waals surface area contributed by atoms with Gasteiger partial charge in [-0.25, -0.2) is 0 Å². The lowest BCUT2D eigenvalue weighted by molar-refractivity contribution is 0.0635. The summed E-state index contributed by atoms with van der Waals surface area (Å²) in [6.45, 7) is 0.314. The third-order valence-corrected chi connectivity index (χ3v) is 3.82. The van der Waals surface area contributed by atoms with E-state index in [9.17, 15) is 9.90 Å². The van der Waals surface area contributed by atoms with E-state index >= 15 is 0 Å². The molecule has 0 saturated heterocycles. The number of carbonyl (C=O) groups is 1. The van der Waals surface area contributed by atoms with Gasteiger partial charge in [0, 0.05) is 18.3 Å². The van der Waals surface area contributed by atoms with E-state index in [4.69, 9.17) is 10.5 Å². The predicted octanol–water partition coefficient (Wildman–Crippen LogP) is 1.65. The van der Waals surface area contributed by atoms with Crippen LogP contribution in [0.2, 0.25) is 0 Å². The second-order valence-corrected chi connectivity index (χ2v) is 5.12. The van der Waals surface area contributed by atoms with E-state index in [0.29, 0.717) is 23.5 Å². The molecule has 1 aliphatic rings. The van der Waals surface area contributed by atoms with Gasteiger partial charge >= 0.3 is 0 Å². The number of nitrogen functional groups attached to an aromatic ring is 1. The standard InChI is InChI=1S/C15H22N2O3/c1-20-14-7-6-11(16)10-13(14)15(19)17(8-9-18)12-4-2-3-5-12/h6-7,10,12,18H,2-5,8-9,16H2,1H3. The van der Waals surface area contributed by atoms with Crippen molar-refractivity contribution in [3.05, 3.63) is 23.8 Å². The molecule has 1 saturated carbocycles. The Bertz CT molecular complexity index is 470. The average Bonchev–Trinajstić information content (AvgIpc) is 2.98. The van der Waals surface area contributed by atoms with Crippen LogP contribution in [0.3, 0.4) is 0 Å². The highest BCUT2D eigenvalue weighted by Gasteiger charge is 2.28. The van der Waals surface area contributed by atoms with E-state index in [1.807, 2.05) is 0 Å². The van der Waals surface area contributed by atoms with E-state index in [2.05, 4.69) is 0 Å². The number of ether oxygens (including phenoxy) is 1. The molecule has 0 bridgehead atoms. The summed E-state index contributed by atoms with van der Waals surface area (Å²) in [5, 5.41) is 9.22. The number of methoxy groups -OCH3 is 1. The van der Waals surface area contributed by atoms with Crippen molar-refractivity contribution >= 4 is 11.6 Å². The van der Waals surface area contributed by atoms with Gasteiger partial charge in [-0.05, 0) is 31.0 Å². The lowest BCUT2D eigenvalue weighted by Crippen LogP contribution is -2.40. The molecule has 20 heavy (non-hydrogen) atoms. The first-order valence-electron chi connectivity index (χ1n) is 7.02. The molecule has 0 aromatic heterocycles. The molecular weight excluding hydrogens is 256 g/mol. The molecule has 0 heterocycles. The van der Waals surface area contributed by atoms with E-state index in [0.717, 1.165) is 25.7 Å². The largest absolute Gasteiger partial charge is 0.496 e. The van der Waals surface area contributed by atoms with Crippen LogP contribution in [-0.2, 0) is 0 Å². The van der Waals surface area contributed by atoms with Crippen LogP contribution in [0.4, 0.5) is 5.69 Å². The molecule has 0 spiro atoms. The van der Waals surface area contributed by atoms with Gasteiger partial charge < -0.3 is 20.5 Å². The minimum absolute atomic E-state index is 0.0349. The molecule has 0 unspecified atom stereocenters. The Morgan fingerprint density at radius 2 is 2.15 bits per heavy atom. The Labute approximate surface area is 119 Å². The number of aliphatic hydroxyl groups is 1. The number of carbonyl (C=O) groups excluding carboxylic acids is 1. The van der Waals surface area contributed by atoms with Gasteiger partial charge in [0.15, 0.2) is 0 Å². The van der Waals surface area contributed by atoms with E-state index in [1.165, 1.54) is 7.11 Å². The van der Waals surface area contributed by atoms with Crippen molar-refractivity contribution in [2.24, 2.45) is 0 Å². The fraction of sp³-hybridized carbons (Fsp3) is 0.533. The van der Waals surface area contributed by atoms with Gasteiger partial charge in [-0.1, -0.05) is 12.8 Å². The molecule has 0 aliphatic heterocycles. The third kappa shape index (κ3) is 3.04. The first-order valence-corrected chi connectivity index (χ1v) is 7.02. The molecule has 1 amide bonds. The zero-order chi connectivity index (χ0) is 14.5. The Kier molecular flexibility index (Phi) is 4.84. The second kappa shape index (κ2) is 6.61. The average molecular weight is 278 g/mol. The van der Waals surface area contributed by atoms with Crippen LogP contribution >= 0.6 is 0 Å². The summed E-state index contributed by atoms with van der Waals surface area (Å²) in [7, 11) is 1.54. The Morgan fingerprint density at radius 1 is 1.45 bits per heavy atom. The molecule has 3 N–H and O–H groups in total. The number of anilines is 1. The number of nitrogens with two attached hydrogens (primary N) is 1. The zero-order valence-corrected chi connectivity index (χ0v) is 11.8. The number of hydrogen-bond acceptors (Lipinski definition) is 4. The molecule has 5 heteroatoms. The summed E-state index contributed by atoms with van der Waals surface area (Å²) in [5.74, 6) is 0.403. The number of aliphatic hydroxyl groups excluding tert-OH is 1. The summed E-state index contributed by atoms with van der Waals surface area (Å²) in [6, 6.07) is 5.26. The van der Waals surface area contributed by atoms with E-state index in [1.54, 1.807) is 23.1 Å². The lowest BCUT2D eigenvalue weighted by Gasteiger charge is -2.29. The van der Waals surface area contributed by atoms with Crippen molar-refractivity contribution in [3.63, 3.8) is 0 Å². The van der Waals surface area contributed by atoms with Crippen LogP contribution in [0.5, 0.6) is 5.75 Å². The maximum absolute atomic E-state index is 12.7. The summed E-state index contributed by atoms with van der Waals surface area (Å²) in [6.07, 6.45) is 4.26. The molecule has 5 nitrogen and oxygen atoms in total. The fourth-order valence-corrected chi connectivity index (χ4v) is 2.82. The summed E-state index contributed by atoms with van der Waals surface area (Å²) < 4.78 is 5.25. The molecule has 1 fully saturated rings. The number of benzene rings is 1. The molecular formula is C15H22N2O3. The maximum atomic E-state index is 12.7. The van der Waals surface area contributed by atoms with Crippen molar-refractivity contribution in [1.82, 2.24) is 4.90 Å². The van der Waals surface area contributed by atoms with Crippen molar-refractivity contribution in [3.8, 4) is 5.75 Å². The second-order valence-electron chi connectivity index (χ2n) is 5.12. The summed E-state index contributed by atoms with van der Waals surface area (Å²) >= 11 is 0. The van der Waals surface area contributed by atoms with Crippen molar-refractivity contribution < 1.29 is 14.6 Å². The third-order valence-electron chi connectivity index (χ3n) is 3.82. The molecule has 1 aliphatic carbocycles. The number of amides is 1. The minimum atomic E-state index is -0.116. The lowest BCUT2D eigenvalue weighted by atomic mass is 10.1. The van der Waals surface area contributed by atoms with Gasteiger partial charge in [-0.2, -0.15) is 0 Å². The Hall–Kier alpha value is -1.75. The molecule has 2 rings (SSSR count).